The topological polar surface area (TPSA) is 48.9 Å². The van der Waals surface area contributed by atoms with Crippen molar-refractivity contribution in [3.63, 3.8) is 0 Å². The fourth-order valence-corrected chi connectivity index (χ4v) is 5.14. The van der Waals surface area contributed by atoms with Gasteiger partial charge in [-0.2, -0.15) is 0 Å². The normalized spacial score (nSPS) is 18.8. The zero-order valence-electron chi connectivity index (χ0n) is 15.9. The Bertz CT molecular complexity index is 1030. The molecule has 0 aliphatic carbocycles. The molecule has 3 aromatic rings. The molecular formula is C22H24N4OS. The lowest BCUT2D eigenvalue weighted by atomic mass is 10.1. The van der Waals surface area contributed by atoms with Crippen molar-refractivity contribution in [2.45, 2.75) is 12.5 Å². The number of thiophene rings is 1. The second-order valence-corrected chi connectivity index (χ2v) is 8.31. The predicted octanol–water partition coefficient (Wildman–Crippen LogP) is 4.35. The molecule has 144 valence electrons. The Labute approximate surface area is 169 Å². The summed E-state index contributed by atoms with van der Waals surface area (Å²) in [5, 5.41) is 9.72. The van der Waals surface area contributed by atoms with E-state index in [0.717, 1.165) is 49.9 Å². The molecule has 0 spiro atoms. The van der Waals surface area contributed by atoms with Crippen LogP contribution in [0, 0.1) is 0 Å². The number of hydrogen-bond donors (Lipinski definition) is 2. The van der Waals surface area contributed by atoms with Crippen LogP contribution in [0.2, 0.25) is 0 Å². The summed E-state index contributed by atoms with van der Waals surface area (Å²) in [6.45, 7) is 3.62. The van der Waals surface area contributed by atoms with Crippen LogP contribution in [0.25, 0.3) is 10.1 Å². The molecule has 0 radical (unpaired) electrons. The van der Waals surface area contributed by atoms with Gasteiger partial charge in [0.1, 0.15) is 10.8 Å². The maximum absolute atomic E-state index is 5.30. The molecule has 5 nitrogen and oxygen atoms in total. The summed E-state index contributed by atoms with van der Waals surface area (Å²) in [6.07, 6.45) is 1.01. The molecule has 1 saturated heterocycles. The number of benzene rings is 2. The van der Waals surface area contributed by atoms with Crippen LogP contribution in [0.15, 0.2) is 53.5 Å². The van der Waals surface area contributed by atoms with E-state index in [4.69, 9.17) is 9.73 Å². The lowest BCUT2D eigenvalue weighted by Gasteiger charge is -2.35. The second-order valence-electron chi connectivity index (χ2n) is 7.26. The lowest BCUT2D eigenvalue weighted by molar-refractivity contribution is 0.168. The summed E-state index contributed by atoms with van der Waals surface area (Å²) >= 11 is 1.80. The van der Waals surface area contributed by atoms with Gasteiger partial charge < -0.3 is 20.3 Å². The number of nitrogens with one attached hydrogen (secondary N) is 2. The minimum atomic E-state index is 0.413. The molecule has 3 heterocycles. The van der Waals surface area contributed by atoms with E-state index in [1.54, 1.807) is 18.4 Å². The summed E-state index contributed by atoms with van der Waals surface area (Å²) in [7, 11) is 1.77. The van der Waals surface area contributed by atoms with Crippen molar-refractivity contribution >= 4 is 43.6 Å². The summed E-state index contributed by atoms with van der Waals surface area (Å²) in [5.41, 5.74) is 3.29. The first kappa shape index (κ1) is 17.7. The van der Waals surface area contributed by atoms with E-state index >= 15 is 0 Å². The van der Waals surface area contributed by atoms with Crippen LogP contribution in [-0.2, 0) is 4.74 Å². The number of aliphatic imine (C=N–C) groups is 1. The van der Waals surface area contributed by atoms with Crippen molar-refractivity contribution in [3.8, 4) is 0 Å². The number of methoxy groups -OCH3 is 1. The van der Waals surface area contributed by atoms with Crippen molar-refractivity contribution in [3.05, 3.63) is 54.1 Å². The summed E-state index contributed by atoms with van der Waals surface area (Å²) < 4.78 is 6.59. The Hall–Kier alpha value is -2.41. The third kappa shape index (κ3) is 3.17. The number of nitrogens with zero attached hydrogens (tertiary/aromatic N) is 2. The molecular weight excluding hydrogens is 368 g/mol. The zero-order chi connectivity index (χ0) is 18.9. The molecule has 28 heavy (non-hydrogen) atoms. The standard InChI is InChI=1S/C22H24N4OS/c1-27-13-10-15-14-26(12-11-23-15)21-20-16-6-2-5-9-19(16)28-22(20)25-18-8-4-3-7-17(18)24-21/h2-9,15,23,25H,10-14H2,1H3. The SMILES string of the molecule is COCCC1CN(C2=Nc3ccccc3Nc3sc4ccccc4c32)CCN1. The maximum Gasteiger partial charge on any atom is 0.140 e. The number of ether oxygens (including phenoxy) is 1. The quantitative estimate of drug-likeness (QED) is 0.696. The van der Waals surface area contributed by atoms with Gasteiger partial charge in [-0.25, -0.2) is 4.99 Å². The Morgan fingerprint density at radius 3 is 2.96 bits per heavy atom. The lowest BCUT2D eigenvalue weighted by Crippen LogP contribution is -2.53. The molecule has 1 fully saturated rings. The van der Waals surface area contributed by atoms with E-state index in [1.807, 2.05) is 0 Å². The van der Waals surface area contributed by atoms with Crippen LogP contribution < -0.4 is 10.6 Å². The van der Waals surface area contributed by atoms with Gasteiger partial charge in [0.2, 0.25) is 0 Å². The molecule has 1 unspecified atom stereocenters. The Morgan fingerprint density at radius 1 is 1.18 bits per heavy atom. The number of rotatable bonds is 3. The highest BCUT2D eigenvalue weighted by Gasteiger charge is 2.28. The largest absolute Gasteiger partial charge is 0.385 e. The third-order valence-corrected chi connectivity index (χ3v) is 6.51. The van der Waals surface area contributed by atoms with E-state index in [0.29, 0.717) is 6.04 Å². The first-order chi connectivity index (χ1) is 13.8. The minimum Gasteiger partial charge on any atom is -0.385 e. The monoisotopic (exact) mass is 392 g/mol. The molecule has 2 aliphatic heterocycles. The summed E-state index contributed by atoms with van der Waals surface area (Å²) in [4.78, 5) is 7.61. The molecule has 0 bridgehead atoms. The molecule has 1 aromatic heterocycles. The molecule has 2 aromatic carbocycles. The smallest absolute Gasteiger partial charge is 0.140 e. The summed E-state index contributed by atoms with van der Waals surface area (Å²) in [6, 6.07) is 17.3. The van der Waals surface area contributed by atoms with Crippen LogP contribution in [0.1, 0.15) is 12.0 Å². The molecule has 2 aliphatic rings. The number of hydrogen-bond acceptors (Lipinski definition) is 6. The van der Waals surface area contributed by atoms with Gasteiger partial charge in [-0.3, -0.25) is 0 Å². The van der Waals surface area contributed by atoms with Crippen molar-refractivity contribution in [2.24, 2.45) is 4.99 Å². The van der Waals surface area contributed by atoms with E-state index in [2.05, 4.69) is 64.1 Å². The highest BCUT2D eigenvalue weighted by atomic mass is 32.1. The van der Waals surface area contributed by atoms with Crippen molar-refractivity contribution in [2.75, 3.05) is 38.7 Å². The fraction of sp³-hybridized carbons (Fsp3) is 0.318. The first-order valence-corrected chi connectivity index (χ1v) is 10.6. The van der Waals surface area contributed by atoms with Gasteiger partial charge in [-0.05, 0) is 24.6 Å². The van der Waals surface area contributed by atoms with E-state index in [-0.39, 0.29) is 0 Å². The van der Waals surface area contributed by atoms with Crippen LogP contribution in [-0.4, -0.2) is 50.1 Å². The molecule has 2 N–H and O–H groups in total. The zero-order valence-corrected chi connectivity index (χ0v) is 16.8. The van der Waals surface area contributed by atoms with Gasteiger partial charge in [0, 0.05) is 49.5 Å². The molecule has 6 heteroatoms. The van der Waals surface area contributed by atoms with Gasteiger partial charge in [0.25, 0.3) is 0 Å². The van der Waals surface area contributed by atoms with Gasteiger partial charge in [0.05, 0.1) is 16.9 Å². The number of anilines is 2. The van der Waals surface area contributed by atoms with Crippen molar-refractivity contribution < 1.29 is 4.74 Å². The number of para-hydroxylation sites is 2. The summed E-state index contributed by atoms with van der Waals surface area (Å²) in [5.74, 6) is 1.08. The van der Waals surface area contributed by atoms with Crippen molar-refractivity contribution in [1.29, 1.82) is 0 Å². The average molecular weight is 393 g/mol. The molecule has 0 saturated carbocycles. The molecule has 0 amide bonds. The van der Waals surface area contributed by atoms with E-state index in [1.165, 1.54) is 20.7 Å². The Morgan fingerprint density at radius 2 is 2.04 bits per heavy atom. The fourth-order valence-electron chi connectivity index (χ4n) is 4.02. The Balaban J connectivity index is 1.61. The van der Waals surface area contributed by atoms with E-state index < -0.39 is 0 Å². The number of fused-ring (bicyclic) bond motifs is 4. The van der Waals surface area contributed by atoms with Gasteiger partial charge in [0.15, 0.2) is 0 Å². The highest BCUT2D eigenvalue weighted by Crippen LogP contribution is 2.43. The van der Waals surface area contributed by atoms with Gasteiger partial charge >= 0.3 is 0 Å². The number of piperazine rings is 1. The highest BCUT2D eigenvalue weighted by molar-refractivity contribution is 7.23. The maximum atomic E-state index is 5.30. The second kappa shape index (κ2) is 7.54. The van der Waals surface area contributed by atoms with Crippen molar-refractivity contribution in [1.82, 2.24) is 10.2 Å². The molecule has 5 rings (SSSR count). The van der Waals surface area contributed by atoms with E-state index in [9.17, 15) is 0 Å². The van der Waals surface area contributed by atoms with Crippen LogP contribution in [0.4, 0.5) is 16.4 Å². The van der Waals surface area contributed by atoms with Crippen LogP contribution >= 0.6 is 11.3 Å². The van der Waals surface area contributed by atoms with Gasteiger partial charge in [-0.1, -0.05) is 30.3 Å². The first-order valence-electron chi connectivity index (χ1n) is 9.77. The average Bonchev–Trinajstić information content (AvgIpc) is 3.00. The van der Waals surface area contributed by atoms with Gasteiger partial charge in [-0.15, -0.1) is 11.3 Å². The Kier molecular flexibility index (Phi) is 4.76. The minimum absolute atomic E-state index is 0.413. The third-order valence-electron chi connectivity index (χ3n) is 5.42. The predicted molar refractivity (Wildman–Crippen MR) is 118 cm³/mol. The van der Waals surface area contributed by atoms with Crippen LogP contribution in [0.5, 0.6) is 0 Å². The number of amidine groups is 1. The van der Waals surface area contributed by atoms with Crippen LogP contribution in [0.3, 0.4) is 0 Å². The molecule has 1 atom stereocenters.